The first kappa shape index (κ1) is 18.1. The Morgan fingerprint density at radius 1 is 1.11 bits per heavy atom. The lowest BCUT2D eigenvalue weighted by Crippen LogP contribution is -2.21. The number of anilines is 1. The van der Waals surface area contributed by atoms with Crippen molar-refractivity contribution in [2.45, 2.75) is 19.8 Å². The third-order valence-corrected chi connectivity index (χ3v) is 5.38. The minimum atomic E-state index is -1.02. The number of aromatic carboxylic acids is 1. The number of hydrogen-bond donors (Lipinski definition) is 1. The van der Waals surface area contributed by atoms with Crippen LogP contribution >= 0.6 is 0 Å². The molecule has 0 spiro atoms. The molecule has 1 aliphatic heterocycles. The summed E-state index contributed by atoms with van der Waals surface area (Å²) >= 11 is 0. The second-order valence-electron chi connectivity index (χ2n) is 7.02. The molecule has 0 radical (unpaired) electrons. The van der Waals surface area contributed by atoms with Crippen molar-refractivity contribution in [2.24, 2.45) is 0 Å². The Morgan fingerprint density at radius 3 is 2.54 bits per heavy atom. The molecule has 0 unspecified atom stereocenters. The Morgan fingerprint density at radius 2 is 1.86 bits per heavy atom. The van der Waals surface area contributed by atoms with E-state index >= 15 is 0 Å². The van der Waals surface area contributed by atoms with Gasteiger partial charge in [0.1, 0.15) is 11.4 Å². The summed E-state index contributed by atoms with van der Waals surface area (Å²) in [7, 11) is 1.58. The largest absolute Gasteiger partial charge is 0.494 e. The van der Waals surface area contributed by atoms with Crippen LogP contribution < -0.4 is 9.64 Å². The normalized spacial score (nSPS) is 13.9. The maximum atomic E-state index is 13.3. The fraction of sp³-hybridized carbons (Fsp3) is 0.273. The monoisotopic (exact) mass is 378 g/mol. The van der Waals surface area contributed by atoms with Crippen molar-refractivity contribution >= 4 is 23.0 Å². The fourth-order valence-corrected chi connectivity index (χ4v) is 4.06. The molecule has 1 aliphatic rings. The Labute approximate surface area is 163 Å². The van der Waals surface area contributed by atoms with Gasteiger partial charge in [-0.3, -0.25) is 4.79 Å². The van der Waals surface area contributed by atoms with Crippen molar-refractivity contribution in [2.75, 3.05) is 25.1 Å². The zero-order valence-electron chi connectivity index (χ0n) is 15.9. The van der Waals surface area contributed by atoms with Gasteiger partial charge >= 0.3 is 5.97 Å². The summed E-state index contributed by atoms with van der Waals surface area (Å²) in [6.45, 7) is 3.52. The van der Waals surface area contributed by atoms with Crippen LogP contribution in [0.2, 0.25) is 0 Å². The minimum absolute atomic E-state index is 0.165. The third-order valence-electron chi connectivity index (χ3n) is 5.38. The van der Waals surface area contributed by atoms with Crippen LogP contribution in [-0.4, -0.2) is 41.5 Å². The molecule has 1 fully saturated rings. The lowest BCUT2D eigenvalue weighted by molar-refractivity contribution is 0.0697. The number of aromatic nitrogens is 1. The summed E-state index contributed by atoms with van der Waals surface area (Å²) in [5, 5.41) is 9.71. The number of benzene rings is 1. The van der Waals surface area contributed by atoms with Gasteiger partial charge in [0.2, 0.25) is 5.78 Å². The van der Waals surface area contributed by atoms with Crippen LogP contribution in [0.15, 0.2) is 42.6 Å². The van der Waals surface area contributed by atoms with E-state index in [1.165, 1.54) is 6.07 Å². The zero-order chi connectivity index (χ0) is 19.8. The van der Waals surface area contributed by atoms with Crippen molar-refractivity contribution in [1.82, 2.24) is 4.40 Å². The second-order valence-corrected chi connectivity index (χ2v) is 7.02. The van der Waals surface area contributed by atoms with Crippen LogP contribution in [0.1, 0.15) is 44.8 Å². The van der Waals surface area contributed by atoms with E-state index in [-0.39, 0.29) is 11.3 Å². The molecule has 0 amide bonds. The number of carbonyl (C=O) groups is 2. The Kier molecular flexibility index (Phi) is 4.55. The van der Waals surface area contributed by atoms with Gasteiger partial charge < -0.3 is 19.1 Å². The molecule has 1 aromatic carbocycles. The third kappa shape index (κ3) is 2.81. The zero-order valence-corrected chi connectivity index (χ0v) is 15.9. The molecule has 0 saturated carbocycles. The quantitative estimate of drug-likeness (QED) is 0.684. The Balaban J connectivity index is 1.83. The average molecular weight is 378 g/mol. The highest BCUT2D eigenvalue weighted by Gasteiger charge is 2.25. The maximum Gasteiger partial charge on any atom is 0.337 e. The minimum Gasteiger partial charge on any atom is -0.494 e. The fourth-order valence-electron chi connectivity index (χ4n) is 4.06. The van der Waals surface area contributed by atoms with Crippen LogP contribution in [0, 0.1) is 6.92 Å². The van der Waals surface area contributed by atoms with E-state index < -0.39 is 5.97 Å². The van der Waals surface area contributed by atoms with Crippen LogP contribution in [-0.2, 0) is 0 Å². The SMILES string of the molecule is COc1c(C)c(C(=O)c2ccc(N3CCCC3)c(C(=O)O)c2)n2ccccc12. The highest BCUT2D eigenvalue weighted by Crippen LogP contribution is 2.33. The van der Waals surface area contributed by atoms with E-state index in [9.17, 15) is 14.7 Å². The number of ether oxygens (including phenoxy) is 1. The summed E-state index contributed by atoms with van der Waals surface area (Å²) in [4.78, 5) is 27.3. The lowest BCUT2D eigenvalue weighted by Gasteiger charge is -2.20. The van der Waals surface area contributed by atoms with Gasteiger partial charge in [-0.2, -0.15) is 0 Å². The number of pyridine rings is 1. The first-order chi connectivity index (χ1) is 13.5. The molecule has 144 valence electrons. The predicted molar refractivity (Wildman–Crippen MR) is 107 cm³/mol. The van der Waals surface area contributed by atoms with E-state index in [2.05, 4.69) is 4.90 Å². The van der Waals surface area contributed by atoms with Gasteiger partial charge in [-0.05, 0) is 50.1 Å². The molecule has 1 saturated heterocycles. The number of fused-ring (bicyclic) bond motifs is 1. The topological polar surface area (TPSA) is 71.2 Å². The summed E-state index contributed by atoms with van der Waals surface area (Å²) < 4.78 is 7.30. The number of nitrogens with zero attached hydrogens (tertiary/aromatic N) is 2. The molecule has 3 aromatic rings. The number of ketones is 1. The van der Waals surface area contributed by atoms with E-state index in [0.717, 1.165) is 37.0 Å². The first-order valence-electron chi connectivity index (χ1n) is 9.33. The lowest BCUT2D eigenvalue weighted by atomic mass is 10.0. The molecular weight excluding hydrogens is 356 g/mol. The van der Waals surface area contributed by atoms with Crippen LogP contribution in [0.4, 0.5) is 5.69 Å². The first-order valence-corrected chi connectivity index (χ1v) is 9.33. The summed E-state index contributed by atoms with van der Waals surface area (Å²) in [5.74, 6) is -0.598. The molecule has 28 heavy (non-hydrogen) atoms. The van der Waals surface area contributed by atoms with Gasteiger partial charge in [0, 0.05) is 30.4 Å². The molecule has 1 N–H and O–H groups in total. The molecule has 4 rings (SSSR count). The number of carbonyl (C=O) groups excluding carboxylic acids is 1. The van der Waals surface area contributed by atoms with Gasteiger partial charge in [0.25, 0.3) is 0 Å². The number of rotatable bonds is 5. The van der Waals surface area contributed by atoms with E-state index in [0.29, 0.717) is 22.7 Å². The number of carboxylic acids is 1. The molecule has 6 heteroatoms. The Bertz CT molecular complexity index is 1080. The maximum absolute atomic E-state index is 13.3. The van der Waals surface area contributed by atoms with Crippen molar-refractivity contribution in [3.63, 3.8) is 0 Å². The van der Waals surface area contributed by atoms with E-state index in [1.54, 1.807) is 23.6 Å². The second kappa shape index (κ2) is 7.03. The number of hydrogen-bond acceptors (Lipinski definition) is 4. The Hall–Kier alpha value is -3.28. The summed E-state index contributed by atoms with van der Waals surface area (Å²) in [5.41, 5.74) is 3.22. The van der Waals surface area contributed by atoms with Crippen molar-refractivity contribution in [3.8, 4) is 5.75 Å². The van der Waals surface area contributed by atoms with Gasteiger partial charge in [0.05, 0.1) is 23.9 Å². The molecule has 2 aromatic heterocycles. The number of methoxy groups -OCH3 is 1. The molecule has 3 heterocycles. The molecular formula is C22H22N2O4. The standard InChI is InChI=1S/C22H22N2O4/c1-14-19(24-12-4-3-7-18(24)21(14)28-2)20(25)15-8-9-17(16(13-15)22(26)27)23-10-5-6-11-23/h3-4,7-9,12-13H,5-6,10-11H2,1-2H3,(H,26,27). The predicted octanol–water partition coefficient (Wildman–Crippen LogP) is 3.79. The van der Waals surface area contributed by atoms with Crippen LogP contribution in [0.25, 0.3) is 5.52 Å². The molecule has 0 bridgehead atoms. The van der Waals surface area contributed by atoms with Crippen LogP contribution in [0.3, 0.4) is 0 Å². The average Bonchev–Trinajstić information content (AvgIpc) is 3.32. The summed E-state index contributed by atoms with van der Waals surface area (Å²) in [6.07, 6.45) is 3.92. The smallest absolute Gasteiger partial charge is 0.337 e. The van der Waals surface area contributed by atoms with Gasteiger partial charge in [0.15, 0.2) is 0 Å². The molecule has 6 nitrogen and oxygen atoms in total. The van der Waals surface area contributed by atoms with Crippen LogP contribution in [0.5, 0.6) is 5.75 Å². The molecule has 0 aliphatic carbocycles. The van der Waals surface area contributed by atoms with Crippen molar-refractivity contribution in [1.29, 1.82) is 0 Å². The van der Waals surface area contributed by atoms with Gasteiger partial charge in [-0.25, -0.2) is 4.79 Å². The van der Waals surface area contributed by atoms with Gasteiger partial charge in [-0.15, -0.1) is 0 Å². The van der Waals surface area contributed by atoms with E-state index in [1.807, 2.05) is 31.3 Å². The van der Waals surface area contributed by atoms with E-state index in [4.69, 9.17) is 4.74 Å². The number of carboxylic acid groups (broad SMARTS) is 1. The summed E-state index contributed by atoms with van der Waals surface area (Å²) in [6, 6.07) is 10.6. The van der Waals surface area contributed by atoms with Crippen molar-refractivity contribution in [3.05, 3.63) is 65.0 Å². The molecule has 0 atom stereocenters. The van der Waals surface area contributed by atoms with Crippen molar-refractivity contribution < 1.29 is 19.4 Å². The highest BCUT2D eigenvalue weighted by molar-refractivity contribution is 6.12. The highest BCUT2D eigenvalue weighted by atomic mass is 16.5. The van der Waals surface area contributed by atoms with Gasteiger partial charge in [-0.1, -0.05) is 6.07 Å².